The Morgan fingerprint density at radius 1 is 1.27 bits per heavy atom. The van der Waals surface area contributed by atoms with Crippen molar-refractivity contribution in [2.75, 3.05) is 0 Å². The second-order valence-electron chi connectivity index (χ2n) is 4.10. The van der Waals surface area contributed by atoms with Crippen molar-refractivity contribution in [1.29, 1.82) is 0 Å². The Bertz CT molecular complexity index is 469. The lowest BCUT2D eigenvalue weighted by Crippen LogP contribution is -1.98. The van der Waals surface area contributed by atoms with Gasteiger partial charge in [0, 0.05) is 25.4 Å². The van der Waals surface area contributed by atoms with Crippen molar-refractivity contribution in [3.05, 3.63) is 53.1 Å². The average Bonchev–Trinajstić information content (AvgIpc) is 2.58. The molecule has 0 spiro atoms. The summed E-state index contributed by atoms with van der Waals surface area (Å²) in [6.07, 6.45) is 4.74. The molecular weight excluding hydrogens is 184 g/mol. The highest BCUT2D eigenvalue weighted by atomic mass is 15.0. The van der Waals surface area contributed by atoms with Gasteiger partial charge >= 0.3 is 0 Å². The Balaban J connectivity index is 2.32. The van der Waals surface area contributed by atoms with Crippen molar-refractivity contribution in [2.24, 2.45) is 7.05 Å². The molecule has 0 amide bonds. The number of imidazole rings is 1. The number of aromatic nitrogens is 2. The van der Waals surface area contributed by atoms with Gasteiger partial charge < -0.3 is 4.57 Å². The number of benzene rings is 1. The first-order valence-electron chi connectivity index (χ1n) is 5.18. The molecule has 0 saturated carbocycles. The van der Waals surface area contributed by atoms with Gasteiger partial charge in [0.15, 0.2) is 0 Å². The van der Waals surface area contributed by atoms with Gasteiger partial charge in [-0.1, -0.05) is 23.8 Å². The maximum absolute atomic E-state index is 4.13. The predicted octanol–water partition coefficient (Wildman–Crippen LogP) is 2.63. The van der Waals surface area contributed by atoms with Crippen LogP contribution in [0.2, 0.25) is 0 Å². The Morgan fingerprint density at radius 2 is 2.07 bits per heavy atom. The minimum atomic E-state index is 0.962. The van der Waals surface area contributed by atoms with E-state index in [9.17, 15) is 0 Å². The molecule has 78 valence electrons. The maximum Gasteiger partial charge on any atom is 0.0945 e. The van der Waals surface area contributed by atoms with Gasteiger partial charge in [-0.15, -0.1) is 0 Å². The summed E-state index contributed by atoms with van der Waals surface area (Å²) in [5.41, 5.74) is 5.31. The topological polar surface area (TPSA) is 17.8 Å². The van der Waals surface area contributed by atoms with E-state index >= 15 is 0 Å². The van der Waals surface area contributed by atoms with Gasteiger partial charge in [-0.25, -0.2) is 4.98 Å². The van der Waals surface area contributed by atoms with E-state index < -0.39 is 0 Å². The molecule has 0 fully saturated rings. The highest BCUT2D eigenvalue weighted by Crippen LogP contribution is 2.14. The molecule has 0 aliphatic rings. The number of rotatable bonds is 2. The molecule has 1 aromatic carbocycles. The van der Waals surface area contributed by atoms with Crippen LogP contribution in [0.4, 0.5) is 0 Å². The van der Waals surface area contributed by atoms with E-state index in [2.05, 4.69) is 41.6 Å². The van der Waals surface area contributed by atoms with Crippen LogP contribution in [-0.4, -0.2) is 9.55 Å². The summed E-state index contributed by atoms with van der Waals surface area (Å²) >= 11 is 0. The summed E-state index contributed by atoms with van der Waals surface area (Å²) in [6, 6.07) is 6.59. The van der Waals surface area contributed by atoms with Gasteiger partial charge in [0.05, 0.1) is 6.33 Å². The zero-order valence-corrected chi connectivity index (χ0v) is 9.49. The summed E-state index contributed by atoms with van der Waals surface area (Å²) in [7, 11) is 2.04. The van der Waals surface area contributed by atoms with Gasteiger partial charge in [0.1, 0.15) is 0 Å². The fourth-order valence-electron chi connectivity index (χ4n) is 1.74. The standard InChI is InChI=1S/C13H16N2/c1-10-4-5-11(2)12(6-10)7-13-8-14-9-15(13)3/h4-6,8-9H,7H2,1-3H3. The zero-order valence-electron chi connectivity index (χ0n) is 9.49. The van der Waals surface area contributed by atoms with Crippen molar-refractivity contribution in [1.82, 2.24) is 9.55 Å². The van der Waals surface area contributed by atoms with Crippen molar-refractivity contribution in [3.8, 4) is 0 Å². The normalized spacial score (nSPS) is 10.6. The van der Waals surface area contributed by atoms with Crippen LogP contribution in [0.1, 0.15) is 22.4 Å². The summed E-state index contributed by atoms with van der Waals surface area (Å²) in [5.74, 6) is 0. The van der Waals surface area contributed by atoms with E-state index in [-0.39, 0.29) is 0 Å². The minimum absolute atomic E-state index is 0.962. The number of hydrogen-bond donors (Lipinski definition) is 0. The molecule has 15 heavy (non-hydrogen) atoms. The molecule has 0 N–H and O–H groups in total. The highest BCUT2D eigenvalue weighted by molar-refractivity contribution is 5.33. The number of aryl methyl sites for hydroxylation is 3. The van der Waals surface area contributed by atoms with E-state index in [1.807, 2.05) is 19.6 Å². The molecule has 1 heterocycles. The first kappa shape index (κ1) is 9.97. The molecule has 0 bridgehead atoms. The Kier molecular flexibility index (Phi) is 2.58. The Morgan fingerprint density at radius 3 is 2.73 bits per heavy atom. The monoisotopic (exact) mass is 200 g/mol. The molecule has 2 nitrogen and oxygen atoms in total. The lowest BCUT2D eigenvalue weighted by atomic mass is 10.0. The van der Waals surface area contributed by atoms with Crippen molar-refractivity contribution >= 4 is 0 Å². The third kappa shape index (κ3) is 2.09. The van der Waals surface area contributed by atoms with Crippen LogP contribution in [0, 0.1) is 13.8 Å². The molecule has 1 aromatic heterocycles. The van der Waals surface area contributed by atoms with Crippen LogP contribution in [0.25, 0.3) is 0 Å². The quantitative estimate of drug-likeness (QED) is 0.728. The molecule has 0 atom stereocenters. The molecule has 2 heteroatoms. The third-order valence-corrected chi connectivity index (χ3v) is 2.79. The largest absolute Gasteiger partial charge is 0.337 e. The molecule has 0 saturated heterocycles. The molecule has 0 aliphatic heterocycles. The molecule has 0 aliphatic carbocycles. The Labute approximate surface area is 90.6 Å². The highest BCUT2D eigenvalue weighted by Gasteiger charge is 2.03. The van der Waals surface area contributed by atoms with Gasteiger partial charge in [-0.05, 0) is 25.0 Å². The van der Waals surface area contributed by atoms with Crippen LogP contribution in [0.5, 0.6) is 0 Å². The molecule has 0 unspecified atom stereocenters. The minimum Gasteiger partial charge on any atom is -0.337 e. The van der Waals surface area contributed by atoms with Gasteiger partial charge in [0.2, 0.25) is 0 Å². The van der Waals surface area contributed by atoms with Crippen molar-refractivity contribution in [2.45, 2.75) is 20.3 Å². The number of hydrogen-bond acceptors (Lipinski definition) is 1. The second-order valence-corrected chi connectivity index (χ2v) is 4.10. The van der Waals surface area contributed by atoms with Gasteiger partial charge in [-0.2, -0.15) is 0 Å². The summed E-state index contributed by atoms with van der Waals surface area (Å²) in [5, 5.41) is 0. The smallest absolute Gasteiger partial charge is 0.0945 e. The second kappa shape index (κ2) is 3.89. The zero-order chi connectivity index (χ0) is 10.8. The van der Waals surface area contributed by atoms with Crippen LogP contribution < -0.4 is 0 Å². The maximum atomic E-state index is 4.13. The van der Waals surface area contributed by atoms with E-state index in [1.54, 1.807) is 0 Å². The Hall–Kier alpha value is -1.57. The van der Waals surface area contributed by atoms with E-state index in [0.29, 0.717) is 0 Å². The molecular formula is C13H16N2. The predicted molar refractivity (Wildman–Crippen MR) is 61.9 cm³/mol. The lowest BCUT2D eigenvalue weighted by molar-refractivity contribution is 0.843. The number of nitrogens with zero attached hydrogens (tertiary/aromatic N) is 2. The molecule has 2 rings (SSSR count). The van der Waals surface area contributed by atoms with Crippen LogP contribution in [-0.2, 0) is 13.5 Å². The molecule has 0 radical (unpaired) electrons. The van der Waals surface area contributed by atoms with Crippen LogP contribution in [0.3, 0.4) is 0 Å². The van der Waals surface area contributed by atoms with Crippen LogP contribution in [0.15, 0.2) is 30.7 Å². The fourth-order valence-corrected chi connectivity index (χ4v) is 1.74. The fraction of sp³-hybridized carbons (Fsp3) is 0.308. The summed E-state index contributed by atoms with van der Waals surface area (Å²) < 4.78 is 2.07. The van der Waals surface area contributed by atoms with Gasteiger partial charge in [0.25, 0.3) is 0 Å². The first-order chi connectivity index (χ1) is 7.16. The summed E-state index contributed by atoms with van der Waals surface area (Å²) in [6.45, 7) is 4.29. The molecule has 2 aromatic rings. The van der Waals surface area contributed by atoms with Crippen molar-refractivity contribution in [3.63, 3.8) is 0 Å². The van der Waals surface area contributed by atoms with E-state index in [4.69, 9.17) is 0 Å². The van der Waals surface area contributed by atoms with E-state index in [0.717, 1.165) is 6.42 Å². The van der Waals surface area contributed by atoms with Crippen molar-refractivity contribution < 1.29 is 0 Å². The van der Waals surface area contributed by atoms with E-state index in [1.165, 1.54) is 22.4 Å². The van der Waals surface area contributed by atoms with Gasteiger partial charge in [-0.3, -0.25) is 0 Å². The van der Waals surface area contributed by atoms with Crippen LogP contribution >= 0.6 is 0 Å². The average molecular weight is 200 g/mol. The summed E-state index contributed by atoms with van der Waals surface area (Å²) in [4.78, 5) is 4.13. The SMILES string of the molecule is Cc1ccc(C)c(Cc2cncn2C)c1. The first-order valence-corrected chi connectivity index (χ1v) is 5.18. The lowest BCUT2D eigenvalue weighted by Gasteiger charge is -2.07. The third-order valence-electron chi connectivity index (χ3n) is 2.79.